The van der Waals surface area contributed by atoms with Gasteiger partial charge in [0.2, 0.25) is 5.89 Å². The van der Waals surface area contributed by atoms with E-state index in [1.54, 1.807) is 6.07 Å². The van der Waals surface area contributed by atoms with E-state index in [0.717, 1.165) is 12.1 Å². The average molecular weight is 235 g/mol. The second-order valence-corrected chi connectivity index (χ2v) is 3.76. The van der Waals surface area contributed by atoms with E-state index >= 15 is 0 Å². The second-order valence-electron chi connectivity index (χ2n) is 3.76. The maximum atomic E-state index is 13.7. The first kappa shape index (κ1) is 11.7. The zero-order valence-electron chi connectivity index (χ0n) is 9.83. The molecule has 0 aliphatic carbocycles. The van der Waals surface area contributed by atoms with E-state index in [9.17, 15) is 4.39 Å². The van der Waals surface area contributed by atoms with Crippen LogP contribution in [-0.2, 0) is 6.54 Å². The smallest absolute Gasteiger partial charge is 0.250 e. The Morgan fingerprint density at radius 2 is 2.18 bits per heavy atom. The van der Waals surface area contributed by atoms with Crippen LogP contribution in [0.25, 0.3) is 11.5 Å². The van der Waals surface area contributed by atoms with Crippen LogP contribution >= 0.6 is 0 Å². The SMILES string of the molecule is CCNCc1nnc(-c2ccc(C)cc2F)o1. The number of aryl methyl sites for hydroxylation is 1. The molecule has 17 heavy (non-hydrogen) atoms. The summed E-state index contributed by atoms with van der Waals surface area (Å²) in [5.41, 5.74) is 1.20. The standard InChI is InChI=1S/C12H14FN3O/c1-3-14-7-11-15-16-12(17-11)9-5-4-8(2)6-10(9)13/h4-6,14H,3,7H2,1-2H3. The van der Waals surface area contributed by atoms with Gasteiger partial charge in [0.15, 0.2) is 0 Å². The van der Waals surface area contributed by atoms with Crippen LogP contribution in [0.1, 0.15) is 18.4 Å². The lowest BCUT2D eigenvalue weighted by atomic mass is 10.1. The van der Waals surface area contributed by atoms with E-state index in [2.05, 4.69) is 15.5 Å². The van der Waals surface area contributed by atoms with Crippen molar-refractivity contribution in [3.8, 4) is 11.5 Å². The molecule has 1 N–H and O–H groups in total. The van der Waals surface area contributed by atoms with Gasteiger partial charge in [0.1, 0.15) is 5.82 Å². The second kappa shape index (κ2) is 5.05. The van der Waals surface area contributed by atoms with Gasteiger partial charge in [-0.2, -0.15) is 0 Å². The molecule has 0 unspecified atom stereocenters. The van der Waals surface area contributed by atoms with Gasteiger partial charge in [0.25, 0.3) is 5.89 Å². The first-order valence-corrected chi connectivity index (χ1v) is 5.50. The van der Waals surface area contributed by atoms with Crippen molar-refractivity contribution in [2.75, 3.05) is 6.54 Å². The summed E-state index contributed by atoms with van der Waals surface area (Å²) in [7, 11) is 0. The zero-order chi connectivity index (χ0) is 12.3. The van der Waals surface area contributed by atoms with Crippen molar-refractivity contribution in [3.63, 3.8) is 0 Å². The molecule has 0 radical (unpaired) electrons. The minimum absolute atomic E-state index is 0.218. The highest BCUT2D eigenvalue weighted by molar-refractivity contribution is 5.54. The van der Waals surface area contributed by atoms with E-state index in [0.29, 0.717) is 18.0 Å². The largest absolute Gasteiger partial charge is 0.419 e. The molecule has 5 heteroatoms. The number of nitrogens with zero attached hydrogens (tertiary/aromatic N) is 2. The summed E-state index contributed by atoms with van der Waals surface area (Å²) >= 11 is 0. The third kappa shape index (κ3) is 2.68. The summed E-state index contributed by atoms with van der Waals surface area (Å²) in [6.45, 7) is 5.13. The Kier molecular flexibility index (Phi) is 3.49. The molecular weight excluding hydrogens is 221 g/mol. The third-order valence-corrected chi connectivity index (χ3v) is 2.35. The summed E-state index contributed by atoms with van der Waals surface area (Å²) in [6.07, 6.45) is 0. The van der Waals surface area contributed by atoms with Gasteiger partial charge in [-0.3, -0.25) is 0 Å². The highest BCUT2D eigenvalue weighted by Crippen LogP contribution is 2.22. The van der Waals surface area contributed by atoms with Gasteiger partial charge in [-0.1, -0.05) is 13.0 Å². The maximum Gasteiger partial charge on any atom is 0.250 e. The summed E-state index contributed by atoms with van der Waals surface area (Å²) in [5, 5.41) is 10.7. The van der Waals surface area contributed by atoms with Gasteiger partial charge in [0.05, 0.1) is 12.1 Å². The molecule has 1 aromatic heterocycles. The van der Waals surface area contributed by atoms with Gasteiger partial charge >= 0.3 is 0 Å². The normalized spacial score (nSPS) is 10.8. The molecule has 0 saturated heterocycles. The highest BCUT2D eigenvalue weighted by atomic mass is 19.1. The molecule has 0 amide bonds. The van der Waals surface area contributed by atoms with E-state index in [1.165, 1.54) is 6.07 Å². The van der Waals surface area contributed by atoms with Crippen molar-refractivity contribution >= 4 is 0 Å². The Morgan fingerprint density at radius 1 is 1.35 bits per heavy atom. The molecule has 1 heterocycles. The molecule has 90 valence electrons. The van der Waals surface area contributed by atoms with Crippen molar-refractivity contribution in [1.82, 2.24) is 15.5 Å². The van der Waals surface area contributed by atoms with E-state index < -0.39 is 0 Å². The third-order valence-electron chi connectivity index (χ3n) is 2.35. The van der Waals surface area contributed by atoms with Gasteiger partial charge in [0, 0.05) is 0 Å². The molecule has 2 aromatic rings. The van der Waals surface area contributed by atoms with Crippen molar-refractivity contribution in [2.24, 2.45) is 0 Å². The summed E-state index contributed by atoms with van der Waals surface area (Å²) in [5.74, 6) is 0.334. The van der Waals surface area contributed by atoms with Crippen molar-refractivity contribution < 1.29 is 8.81 Å². The Labute approximate surface area is 98.9 Å². The number of hydrogen-bond acceptors (Lipinski definition) is 4. The molecule has 0 spiro atoms. The van der Waals surface area contributed by atoms with Gasteiger partial charge < -0.3 is 9.73 Å². The monoisotopic (exact) mass is 235 g/mol. The van der Waals surface area contributed by atoms with Crippen LogP contribution in [-0.4, -0.2) is 16.7 Å². The zero-order valence-corrected chi connectivity index (χ0v) is 9.83. The van der Waals surface area contributed by atoms with Crippen molar-refractivity contribution in [1.29, 1.82) is 0 Å². The van der Waals surface area contributed by atoms with Crippen LogP contribution < -0.4 is 5.32 Å². The number of rotatable bonds is 4. The van der Waals surface area contributed by atoms with Crippen LogP contribution in [0, 0.1) is 12.7 Å². The Bertz CT molecular complexity index is 510. The number of nitrogens with one attached hydrogen (secondary N) is 1. The summed E-state index contributed by atoms with van der Waals surface area (Å²) < 4.78 is 19.0. The van der Waals surface area contributed by atoms with Gasteiger partial charge in [-0.15, -0.1) is 10.2 Å². The van der Waals surface area contributed by atoms with Crippen LogP contribution in [0.4, 0.5) is 4.39 Å². The summed E-state index contributed by atoms with van der Waals surface area (Å²) in [4.78, 5) is 0. The first-order valence-electron chi connectivity index (χ1n) is 5.50. The fourth-order valence-electron chi connectivity index (χ4n) is 1.46. The molecule has 2 rings (SSSR count). The van der Waals surface area contributed by atoms with Crippen LogP contribution in [0.3, 0.4) is 0 Å². The number of aromatic nitrogens is 2. The molecule has 0 aliphatic heterocycles. The Hall–Kier alpha value is -1.75. The van der Waals surface area contributed by atoms with E-state index in [-0.39, 0.29) is 11.7 Å². The molecule has 0 atom stereocenters. The predicted molar refractivity (Wildman–Crippen MR) is 61.8 cm³/mol. The Morgan fingerprint density at radius 3 is 2.88 bits per heavy atom. The van der Waals surface area contributed by atoms with E-state index in [1.807, 2.05) is 19.9 Å². The molecule has 0 fully saturated rings. The number of halogens is 1. The predicted octanol–water partition coefficient (Wildman–Crippen LogP) is 2.29. The fraction of sp³-hybridized carbons (Fsp3) is 0.333. The minimum Gasteiger partial charge on any atom is -0.419 e. The molecule has 4 nitrogen and oxygen atoms in total. The van der Waals surface area contributed by atoms with Crippen LogP contribution in [0.15, 0.2) is 22.6 Å². The maximum absolute atomic E-state index is 13.7. The van der Waals surface area contributed by atoms with E-state index in [4.69, 9.17) is 4.42 Å². The molecule has 0 aliphatic rings. The Balaban J connectivity index is 2.24. The van der Waals surface area contributed by atoms with Gasteiger partial charge in [-0.25, -0.2) is 4.39 Å². The highest BCUT2D eigenvalue weighted by Gasteiger charge is 2.12. The number of hydrogen-bond donors (Lipinski definition) is 1. The number of benzene rings is 1. The minimum atomic E-state index is -0.344. The van der Waals surface area contributed by atoms with Crippen LogP contribution in [0.5, 0.6) is 0 Å². The molecule has 0 bridgehead atoms. The lowest BCUT2D eigenvalue weighted by molar-refractivity contribution is 0.479. The fourth-order valence-corrected chi connectivity index (χ4v) is 1.46. The van der Waals surface area contributed by atoms with Crippen molar-refractivity contribution in [3.05, 3.63) is 35.5 Å². The lowest BCUT2D eigenvalue weighted by Crippen LogP contribution is -2.11. The molecular formula is C12H14FN3O. The van der Waals surface area contributed by atoms with Gasteiger partial charge in [-0.05, 0) is 31.2 Å². The molecule has 0 saturated carbocycles. The lowest BCUT2D eigenvalue weighted by Gasteiger charge is -1.98. The topological polar surface area (TPSA) is 51.0 Å². The van der Waals surface area contributed by atoms with Crippen molar-refractivity contribution in [2.45, 2.75) is 20.4 Å². The molecule has 1 aromatic carbocycles. The average Bonchev–Trinajstić information content (AvgIpc) is 2.75. The first-order chi connectivity index (χ1) is 8.20. The summed E-state index contributed by atoms with van der Waals surface area (Å²) in [6, 6.07) is 4.91. The van der Waals surface area contributed by atoms with Crippen LogP contribution in [0.2, 0.25) is 0 Å². The quantitative estimate of drug-likeness (QED) is 0.883.